The summed E-state index contributed by atoms with van der Waals surface area (Å²) in [6, 6.07) is 0. The molecule has 1 saturated heterocycles. The summed E-state index contributed by atoms with van der Waals surface area (Å²) in [5, 5.41) is 13.0. The number of hydrogen-bond acceptors (Lipinski definition) is 4. The summed E-state index contributed by atoms with van der Waals surface area (Å²) in [4.78, 5) is 0. The molecule has 5 saturated carbocycles. The quantitative estimate of drug-likeness (QED) is 0.500. The van der Waals surface area contributed by atoms with Crippen LogP contribution in [-0.2, 0) is 9.47 Å². The lowest BCUT2D eigenvalue weighted by Crippen LogP contribution is -2.58. The predicted octanol–water partition coefficient (Wildman–Crippen LogP) is 0.947. The number of rotatable bonds is 0. The minimum atomic E-state index is -0.263. The van der Waals surface area contributed by atoms with E-state index >= 15 is 0 Å². The van der Waals surface area contributed by atoms with Crippen molar-refractivity contribution in [2.45, 2.75) is 12.2 Å². The van der Waals surface area contributed by atoms with Crippen molar-refractivity contribution in [3.05, 3.63) is 0 Å². The van der Waals surface area contributed by atoms with E-state index in [0.717, 1.165) is 42.6 Å². The summed E-state index contributed by atoms with van der Waals surface area (Å²) in [7, 11) is 0. The molecule has 4 nitrogen and oxygen atoms in total. The summed E-state index contributed by atoms with van der Waals surface area (Å²) in [6.07, 6.45) is 1.34. The Morgan fingerprint density at radius 1 is 1.06 bits per heavy atom. The van der Waals surface area contributed by atoms with E-state index < -0.39 is 0 Å². The van der Waals surface area contributed by atoms with Crippen molar-refractivity contribution in [1.29, 1.82) is 0 Å². The minimum Gasteiger partial charge on any atom is -0.411 e. The maximum absolute atomic E-state index is 9.32. The zero-order valence-corrected chi connectivity index (χ0v) is 9.45. The molecule has 6 aliphatic rings. The van der Waals surface area contributed by atoms with Gasteiger partial charge in [-0.2, -0.15) is 0 Å². The van der Waals surface area contributed by atoms with Gasteiger partial charge >= 0.3 is 0 Å². The Bertz CT molecular complexity index is 469. The molecule has 6 rings (SSSR count). The first kappa shape index (κ1) is 8.48. The maximum Gasteiger partial charge on any atom is 0.175 e. The van der Waals surface area contributed by atoms with Crippen molar-refractivity contribution < 1.29 is 14.7 Å². The molecule has 90 valence electrons. The summed E-state index contributed by atoms with van der Waals surface area (Å²) in [5.41, 5.74) is 1.11. The highest BCUT2D eigenvalue weighted by Crippen LogP contribution is 2.85. The van der Waals surface area contributed by atoms with Gasteiger partial charge in [-0.05, 0) is 30.1 Å². The van der Waals surface area contributed by atoms with Crippen molar-refractivity contribution in [2.75, 3.05) is 13.2 Å². The van der Waals surface area contributed by atoms with Crippen LogP contribution in [-0.4, -0.2) is 29.9 Å². The fourth-order valence-electron chi connectivity index (χ4n) is 7.11. The topological polar surface area (TPSA) is 51.1 Å². The van der Waals surface area contributed by atoms with Gasteiger partial charge in [-0.3, -0.25) is 0 Å². The van der Waals surface area contributed by atoms with Crippen molar-refractivity contribution in [2.24, 2.45) is 52.5 Å². The van der Waals surface area contributed by atoms with Crippen LogP contribution >= 0.6 is 0 Å². The first-order chi connectivity index (χ1) is 8.38. The number of nitrogens with zero attached hydrogens (tertiary/aromatic N) is 1. The van der Waals surface area contributed by atoms with Crippen molar-refractivity contribution in [1.82, 2.24) is 0 Å². The molecule has 5 aliphatic carbocycles. The Hall–Kier alpha value is -0.610. The van der Waals surface area contributed by atoms with E-state index in [0.29, 0.717) is 23.7 Å². The van der Waals surface area contributed by atoms with Crippen LogP contribution in [0.1, 0.15) is 6.42 Å². The molecule has 0 radical (unpaired) electrons. The summed E-state index contributed by atoms with van der Waals surface area (Å²) in [5.74, 6) is 4.94. The lowest BCUT2D eigenvalue weighted by molar-refractivity contribution is -0.241. The third-order valence-corrected chi connectivity index (χ3v) is 6.97. The van der Waals surface area contributed by atoms with Crippen LogP contribution in [0.4, 0.5) is 0 Å². The van der Waals surface area contributed by atoms with Crippen molar-refractivity contribution in [3.8, 4) is 0 Å². The molecule has 2 bridgehead atoms. The first-order valence-corrected chi connectivity index (χ1v) is 6.88. The maximum atomic E-state index is 9.32. The van der Waals surface area contributed by atoms with E-state index in [2.05, 4.69) is 5.16 Å². The highest BCUT2D eigenvalue weighted by Gasteiger charge is 2.88. The molecular weight excluding hydrogens is 218 g/mol. The number of fused-ring (bicyclic) bond motifs is 4. The second-order valence-electron chi connectivity index (χ2n) is 6.76. The van der Waals surface area contributed by atoms with E-state index in [1.807, 2.05) is 0 Å². The van der Waals surface area contributed by atoms with Crippen LogP contribution < -0.4 is 0 Å². The van der Waals surface area contributed by atoms with Crippen LogP contribution in [0, 0.1) is 47.3 Å². The van der Waals surface area contributed by atoms with Crippen LogP contribution in [0.2, 0.25) is 0 Å². The minimum absolute atomic E-state index is 0.263. The molecule has 1 N–H and O–H groups in total. The molecule has 8 atom stereocenters. The van der Waals surface area contributed by atoms with Crippen LogP contribution in [0.5, 0.6) is 0 Å². The Morgan fingerprint density at radius 2 is 1.88 bits per heavy atom. The van der Waals surface area contributed by atoms with Crippen molar-refractivity contribution >= 4 is 5.71 Å². The van der Waals surface area contributed by atoms with E-state index in [1.54, 1.807) is 0 Å². The van der Waals surface area contributed by atoms with E-state index in [1.165, 1.54) is 6.42 Å². The highest BCUT2D eigenvalue weighted by atomic mass is 16.7. The van der Waals surface area contributed by atoms with Crippen LogP contribution in [0.15, 0.2) is 5.16 Å². The Labute approximate surface area is 99.0 Å². The van der Waals surface area contributed by atoms with E-state index in [9.17, 15) is 5.21 Å². The third kappa shape index (κ3) is 0.557. The predicted molar refractivity (Wildman–Crippen MR) is 56.4 cm³/mol. The van der Waals surface area contributed by atoms with Gasteiger partial charge in [-0.15, -0.1) is 0 Å². The Morgan fingerprint density at radius 3 is 2.65 bits per heavy atom. The molecule has 1 spiro atoms. The monoisotopic (exact) mass is 233 g/mol. The molecule has 17 heavy (non-hydrogen) atoms. The van der Waals surface area contributed by atoms with Gasteiger partial charge in [0, 0.05) is 23.7 Å². The molecule has 0 aromatic heterocycles. The lowest BCUT2D eigenvalue weighted by atomic mass is 9.58. The first-order valence-electron chi connectivity index (χ1n) is 6.88. The molecule has 6 fully saturated rings. The highest BCUT2D eigenvalue weighted by molar-refractivity contribution is 5.96. The molecule has 4 heteroatoms. The average molecular weight is 233 g/mol. The van der Waals surface area contributed by atoms with Gasteiger partial charge in [0.25, 0.3) is 0 Å². The Balaban J connectivity index is 1.64. The van der Waals surface area contributed by atoms with Gasteiger partial charge < -0.3 is 14.7 Å². The molecular formula is C13H15NO3. The SMILES string of the molecule is O/N=C1/[C@@H]2[C@H]3[C@@H]4C[C@H]5[C@H]3[C@H]2C2(OCCO2)[C@@H]5[C@@H]14. The zero-order valence-electron chi connectivity index (χ0n) is 9.45. The molecule has 1 aliphatic heterocycles. The molecule has 0 aromatic carbocycles. The summed E-state index contributed by atoms with van der Waals surface area (Å²) in [6.45, 7) is 1.51. The fourth-order valence-corrected chi connectivity index (χ4v) is 7.11. The molecule has 0 aromatic rings. The van der Waals surface area contributed by atoms with Gasteiger partial charge in [0.05, 0.1) is 18.9 Å². The third-order valence-electron chi connectivity index (χ3n) is 6.97. The van der Waals surface area contributed by atoms with E-state index in [-0.39, 0.29) is 5.79 Å². The molecule has 0 amide bonds. The van der Waals surface area contributed by atoms with Gasteiger partial charge in [0.1, 0.15) is 0 Å². The standard InChI is InChI=1S/C13H15NO3/c15-14-12-8-4-3-5-7-6(4)9(12)11(7)13(10(5)8)16-1-2-17-13/h4-11,15H,1-3H2/b14-12+/t4-,5-,6-,7+,8-,9+,10-,11+/m0/s1. The Kier molecular flexibility index (Phi) is 1.08. The second-order valence-corrected chi connectivity index (χ2v) is 6.76. The van der Waals surface area contributed by atoms with Gasteiger partial charge in [-0.1, -0.05) is 5.16 Å². The van der Waals surface area contributed by atoms with Gasteiger partial charge in [0.15, 0.2) is 5.79 Å². The van der Waals surface area contributed by atoms with Crippen LogP contribution in [0.25, 0.3) is 0 Å². The largest absolute Gasteiger partial charge is 0.411 e. The molecule has 1 heterocycles. The number of hydrogen-bond donors (Lipinski definition) is 1. The summed E-state index contributed by atoms with van der Waals surface area (Å²) >= 11 is 0. The van der Waals surface area contributed by atoms with Gasteiger partial charge in [-0.25, -0.2) is 0 Å². The zero-order chi connectivity index (χ0) is 10.9. The normalized spacial score (nSPS) is 68.8. The molecule has 0 unspecified atom stereocenters. The average Bonchev–Trinajstić information content (AvgIpc) is 2.95. The fraction of sp³-hybridized carbons (Fsp3) is 0.923. The smallest absolute Gasteiger partial charge is 0.175 e. The lowest BCUT2D eigenvalue weighted by Gasteiger charge is -2.50. The number of ether oxygens (including phenoxy) is 2. The number of oxime groups is 1. The van der Waals surface area contributed by atoms with Crippen molar-refractivity contribution in [3.63, 3.8) is 0 Å². The van der Waals surface area contributed by atoms with Gasteiger partial charge in [0.2, 0.25) is 0 Å². The second kappa shape index (κ2) is 2.16. The summed E-state index contributed by atoms with van der Waals surface area (Å²) < 4.78 is 12.2. The van der Waals surface area contributed by atoms with Crippen LogP contribution in [0.3, 0.4) is 0 Å². The van der Waals surface area contributed by atoms with E-state index in [4.69, 9.17) is 9.47 Å².